The predicted molar refractivity (Wildman–Crippen MR) is 104 cm³/mol. The van der Waals surface area contributed by atoms with E-state index in [1.807, 2.05) is 48.5 Å². The number of amides is 1. The second kappa shape index (κ2) is 8.60. The van der Waals surface area contributed by atoms with Crippen molar-refractivity contribution in [1.29, 1.82) is 0 Å². The average molecular weight is 390 g/mol. The van der Waals surface area contributed by atoms with Crippen LogP contribution < -0.4 is 0 Å². The monoisotopic (exact) mass is 389 g/mol. The van der Waals surface area contributed by atoms with Crippen LogP contribution in [-0.2, 0) is 10.5 Å². The maximum Gasteiger partial charge on any atom is 0.308 e. The highest BCUT2D eigenvalue weighted by Crippen LogP contribution is 2.29. The Morgan fingerprint density at radius 3 is 2.62 bits per heavy atom. The van der Waals surface area contributed by atoms with Gasteiger partial charge in [-0.15, -0.1) is 11.8 Å². The number of rotatable bonds is 5. The van der Waals surface area contributed by atoms with E-state index in [4.69, 9.17) is 11.6 Å². The first kappa shape index (κ1) is 18.8. The van der Waals surface area contributed by atoms with Gasteiger partial charge >= 0.3 is 5.97 Å². The lowest BCUT2D eigenvalue weighted by molar-refractivity contribution is -0.143. The van der Waals surface area contributed by atoms with Crippen LogP contribution in [-0.4, -0.2) is 35.0 Å². The van der Waals surface area contributed by atoms with E-state index in [0.29, 0.717) is 23.6 Å². The van der Waals surface area contributed by atoms with Crippen LogP contribution in [0.15, 0.2) is 53.4 Å². The van der Waals surface area contributed by atoms with Gasteiger partial charge in [0.15, 0.2) is 0 Å². The molecule has 0 bridgehead atoms. The van der Waals surface area contributed by atoms with Crippen molar-refractivity contribution in [2.45, 2.75) is 23.5 Å². The number of likely N-dealkylation sites (tertiary alicyclic amines) is 1. The number of carbonyl (C=O) groups excluding carboxylic acids is 1. The first-order valence-corrected chi connectivity index (χ1v) is 9.89. The van der Waals surface area contributed by atoms with E-state index in [-0.39, 0.29) is 12.5 Å². The van der Waals surface area contributed by atoms with Crippen LogP contribution in [0.3, 0.4) is 0 Å². The van der Waals surface area contributed by atoms with Crippen LogP contribution in [0.25, 0.3) is 0 Å². The Balaban J connectivity index is 1.72. The summed E-state index contributed by atoms with van der Waals surface area (Å²) in [6, 6.07) is 15.2. The molecule has 0 aliphatic carbocycles. The molecule has 4 nitrogen and oxygen atoms in total. The topological polar surface area (TPSA) is 57.6 Å². The van der Waals surface area contributed by atoms with Gasteiger partial charge in [0, 0.05) is 28.8 Å². The Morgan fingerprint density at radius 1 is 1.15 bits per heavy atom. The molecule has 3 rings (SSSR count). The Kier molecular flexibility index (Phi) is 6.22. The molecule has 2 aromatic carbocycles. The van der Waals surface area contributed by atoms with Crippen molar-refractivity contribution in [2.24, 2.45) is 5.92 Å². The third-order valence-corrected chi connectivity index (χ3v) is 5.88. The molecule has 0 spiro atoms. The smallest absolute Gasteiger partial charge is 0.308 e. The van der Waals surface area contributed by atoms with E-state index in [9.17, 15) is 14.7 Å². The molecule has 1 heterocycles. The SMILES string of the molecule is O=C(O)[C@H]1CCCN(C(=O)c2ccccc2SCc2ccc(Cl)cc2)C1. The number of piperidine rings is 1. The fourth-order valence-corrected chi connectivity index (χ4v) is 4.17. The quantitative estimate of drug-likeness (QED) is 0.761. The van der Waals surface area contributed by atoms with E-state index < -0.39 is 11.9 Å². The number of carbonyl (C=O) groups is 2. The molecule has 1 N–H and O–H groups in total. The van der Waals surface area contributed by atoms with Crippen molar-refractivity contribution in [3.05, 3.63) is 64.7 Å². The number of aliphatic carboxylic acids is 1. The lowest BCUT2D eigenvalue weighted by atomic mass is 9.97. The lowest BCUT2D eigenvalue weighted by Gasteiger charge is -2.31. The van der Waals surface area contributed by atoms with Crippen LogP contribution in [0.2, 0.25) is 5.02 Å². The summed E-state index contributed by atoms with van der Waals surface area (Å²) < 4.78 is 0. The molecule has 1 fully saturated rings. The fraction of sp³-hybridized carbons (Fsp3) is 0.300. The molecule has 1 amide bonds. The summed E-state index contributed by atoms with van der Waals surface area (Å²) >= 11 is 7.52. The van der Waals surface area contributed by atoms with Gasteiger partial charge in [-0.1, -0.05) is 35.9 Å². The molecule has 1 saturated heterocycles. The molecule has 26 heavy (non-hydrogen) atoms. The summed E-state index contributed by atoms with van der Waals surface area (Å²) in [6.07, 6.45) is 1.36. The molecule has 0 aromatic heterocycles. The minimum Gasteiger partial charge on any atom is -0.481 e. The van der Waals surface area contributed by atoms with Crippen LogP contribution in [0.1, 0.15) is 28.8 Å². The summed E-state index contributed by atoms with van der Waals surface area (Å²) in [7, 11) is 0. The highest BCUT2D eigenvalue weighted by molar-refractivity contribution is 7.98. The molecule has 6 heteroatoms. The number of thioether (sulfide) groups is 1. The van der Waals surface area contributed by atoms with Crippen LogP contribution in [0.5, 0.6) is 0 Å². The summed E-state index contributed by atoms with van der Waals surface area (Å²) in [5, 5.41) is 9.94. The Bertz CT molecular complexity index is 794. The second-order valence-electron chi connectivity index (χ2n) is 6.34. The molecular weight excluding hydrogens is 370 g/mol. The minimum absolute atomic E-state index is 0.0878. The molecule has 1 aliphatic heterocycles. The molecule has 1 atom stereocenters. The van der Waals surface area contributed by atoms with Gasteiger partial charge in [0.1, 0.15) is 0 Å². The zero-order valence-electron chi connectivity index (χ0n) is 14.2. The normalized spacial score (nSPS) is 17.1. The second-order valence-corrected chi connectivity index (χ2v) is 7.79. The molecule has 0 radical (unpaired) electrons. The van der Waals surface area contributed by atoms with Gasteiger partial charge < -0.3 is 10.0 Å². The number of hydrogen-bond donors (Lipinski definition) is 1. The van der Waals surface area contributed by atoms with Crippen LogP contribution >= 0.6 is 23.4 Å². The van der Waals surface area contributed by atoms with Crippen molar-refractivity contribution in [3.63, 3.8) is 0 Å². The lowest BCUT2D eigenvalue weighted by Crippen LogP contribution is -2.42. The summed E-state index contributed by atoms with van der Waals surface area (Å²) in [6.45, 7) is 0.892. The maximum atomic E-state index is 12.9. The van der Waals surface area contributed by atoms with E-state index in [2.05, 4.69) is 0 Å². The van der Waals surface area contributed by atoms with Gasteiger partial charge in [-0.05, 0) is 42.7 Å². The molecule has 0 unspecified atom stereocenters. The van der Waals surface area contributed by atoms with Gasteiger partial charge in [-0.3, -0.25) is 9.59 Å². The third-order valence-electron chi connectivity index (χ3n) is 4.48. The summed E-state index contributed by atoms with van der Waals surface area (Å²) in [5.41, 5.74) is 1.77. The minimum atomic E-state index is -0.826. The summed E-state index contributed by atoms with van der Waals surface area (Å²) in [4.78, 5) is 26.8. The summed E-state index contributed by atoms with van der Waals surface area (Å²) in [5.74, 6) is -0.649. The Labute approximate surface area is 162 Å². The van der Waals surface area contributed by atoms with Gasteiger partial charge in [0.05, 0.1) is 11.5 Å². The van der Waals surface area contributed by atoms with Crippen molar-refractivity contribution in [2.75, 3.05) is 13.1 Å². The van der Waals surface area contributed by atoms with Gasteiger partial charge in [0.25, 0.3) is 5.91 Å². The number of nitrogens with zero attached hydrogens (tertiary/aromatic N) is 1. The fourth-order valence-electron chi connectivity index (χ4n) is 3.04. The van der Waals surface area contributed by atoms with Gasteiger partial charge in [0.2, 0.25) is 0 Å². The van der Waals surface area contributed by atoms with E-state index >= 15 is 0 Å². The van der Waals surface area contributed by atoms with Crippen molar-refractivity contribution in [3.8, 4) is 0 Å². The highest BCUT2D eigenvalue weighted by Gasteiger charge is 2.29. The highest BCUT2D eigenvalue weighted by atomic mass is 35.5. The third kappa shape index (κ3) is 4.59. The average Bonchev–Trinajstić information content (AvgIpc) is 2.67. The molecule has 0 saturated carbocycles. The van der Waals surface area contributed by atoms with E-state index in [1.54, 1.807) is 16.7 Å². The zero-order valence-corrected chi connectivity index (χ0v) is 15.8. The first-order chi connectivity index (χ1) is 12.5. The van der Waals surface area contributed by atoms with Crippen molar-refractivity contribution < 1.29 is 14.7 Å². The van der Waals surface area contributed by atoms with E-state index in [0.717, 1.165) is 22.6 Å². The van der Waals surface area contributed by atoms with Crippen molar-refractivity contribution >= 4 is 35.2 Å². The maximum absolute atomic E-state index is 12.9. The zero-order chi connectivity index (χ0) is 18.5. The van der Waals surface area contributed by atoms with Crippen LogP contribution in [0, 0.1) is 5.92 Å². The van der Waals surface area contributed by atoms with Gasteiger partial charge in [-0.2, -0.15) is 0 Å². The predicted octanol–water partition coefficient (Wildman–Crippen LogP) is 4.57. The number of carboxylic acid groups (broad SMARTS) is 1. The van der Waals surface area contributed by atoms with E-state index in [1.165, 1.54) is 0 Å². The molecule has 1 aliphatic rings. The number of carboxylic acids is 1. The molecule has 2 aromatic rings. The molecular formula is C20H20ClNO3S. The van der Waals surface area contributed by atoms with Crippen molar-refractivity contribution in [1.82, 2.24) is 4.90 Å². The first-order valence-electron chi connectivity index (χ1n) is 8.53. The van der Waals surface area contributed by atoms with Crippen LogP contribution in [0.4, 0.5) is 0 Å². The standard InChI is InChI=1S/C20H20ClNO3S/c21-16-9-7-14(8-10-16)13-26-18-6-2-1-5-17(18)19(23)22-11-3-4-15(12-22)20(24)25/h1-2,5-10,15H,3-4,11-13H2,(H,24,25)/t15-/m0/s1. The number of hydrogen-bond acceptors (Lipinski definition) is 3. The number of benzene rings is 2. The Morgan fingerprint density at radius 2 is 1.88 bits per heavy atom. The Hall–Kier alpha value is -1.98. The molecule has 136 valence electrons. The largest absolute Gasteiger partial charge is 0.481 e. The number of halogens is 1. The van der Waals surface area contributed by atoms with Gasteiger partial charge in [-0.25, -0.2) is 0 Å².